The van der Waals surface area contributed by atoms with Crippen LogP contribution in [0.1, 0.15) is 24.2 Å². The molecule has 7 heteroatoms. The van der Waals surface area contributed by atoms with Crippen LogP contribution in [0.4, 0.5) is 0 Å². The van der Waals surface area contributed by atoms with Crippen LogP contribution in [0.3, 0.4) is 0 Å². The minimum absolute atomic E-state index is 0.126. The Labute approximate surface area is 144 Å². The first-order chi connectivity index (χ1) is 12.3. The fourth-order valence-electron chi connectivity index (χ4n) is 2.87. The molecule has 1 aliphatic rings. The molecule has 1 fully saturated rings. The van der Waals surface area contributed by atoms with E-state index in [1.807, 2.05) is 18.2 Å². The highest BCUT2D eigenvalue weighted by atomic mass is 16.2. The number of rotatable bonds is 6. The Hall–Kier alpha value is -3.22. The standard InChI is InChI=1S/C18H18N6O/c19-6-1-2-16-15(10-22-24-16)13-5-7-20-17-14(13)8-12(23-17)9-21-18(25)11-3-4-11/h1-2,5-8,10-11,19H,3-4,9H2,(H,20,23)(H,21,25)(H,22,24)/b2-1-,19-6?. The highest BCUT2D eigenvalue weighted by Crippen LogP contribution is 2.31. The van der Waals surface area contributed by atoms with Gasteiger partial charge < -0.3 is 15.7 Å². The zero-order chi connectivity index (χ0) is 17.2. The maximum atomic E-state index is 11.8. The Bertz CT molecular complexity index is 963. The maximum Gasteiger partial charge on any atom is 0.223 e. The van der Waals surface area contributed by atoms with Gasteiger partial charge in [-0.25, -0.2) is 4.98 Å². The average molecular weight is 334 g/mol. The van der Waals surface area contributed by atoms with Crippen molar-refractivity contribution < 1.29 is 4.79 Å². The number of allylic oxidation sites excluding steroid dienone is 1. The second kappa shape index (κ2) is 6.35. The Morgan fingerprint density at radius 3 is 3.08 bits per heavy atom. The van der Waals surface area contributed by atoms with Crippen molar-refractivity contribution >= 4 is 29.2 Å². The van der Waals surface area contributed by atoms with Gasteiger partial charge in [-0.1, -0.05) is 0 Å². The number of carbonyl (C=O) groups excluding carboxylic acids is 1. The largest absolute Gasteiger partial charge is 0.350 e. The number of fused-ring (bicyclic) bond motifs is 1. The Balaban J connectivity index is 1.65. The molecule has 1 aliphatic carbocycles. The number of amides is 1. The monoisotopic (exact) mass is 334 g/mol. The molecule has 3 aromatic heterocycles. The van der Waals surface area contributed by atoms with Crippen molar-refractivity contribution in [3.63, 3.8) is 0 Å². The third-order valence-corrected chi connectivity index (χ3v) is 4.31. The number of hydrogen-bond acceptors (Lipinski definition) is 4. The van der Waals surface area contributed by atoms with Gasteiger partial charge in [0.05, 0.1) is 18.4 Å². The Kier molecular flexibility index (Phi) is 3.89. The van der Waals surface area contributed by atoms with Crippen molar-refractivity contribution in [1.82, 2.24) is 25.5 Å². The van der Waals surface area contributed by atoms with Gasteiger partial charge in [0.1, 0.15) is 5.65 Å². The molecule has 0 aromatic carbocycles. The van der Waals surface area contributed by atoms with Crippen LogP contribution >= 0.6 is 0 Å². The van der Waals surface area contributed by atoms with Crippen LogP contribution in [0, 0.1) is 11.3 Å². The van der Waals surface area contributed by atoms with Crippen LogP contribution in [0.2, 0.25) is 0 Å². The number of nitrogens with one attached hydrogen (secondary N) is 4. The molecule has 0 aliphatic heterocycles. The van der Waals surface area contributed by atoms with E-state index in [2.05, 4.69) is 25.5 Å². The molecule has 0 spiro atoms. The molecule has 7 nitrogen and oxygen atoms in total. The second-order valence-corrected chi connectivity index (χ2v) is 6.13. The lowest BCUT2D eigenvalue weighted by Crippen LogP contribution is -2.24. The molecule has 126 valence electrons. The molecule has 0 saturated heterocycles. The van der Waals surface area contributed by atoms with Crippen LogP contribution in [-0.4, -0.2) is 32.3 Å². The molecule has 1 saturated carbocycles. The molecular weight excluding hydrogens is 316 g/mol. The molecule has 4 N–H and O–H groups in total. The summed E-state index contributed by atoms with van der Waals surface area (Å²) in [5.41, 5.74) is 4.47. The number of carbonyl (C=O) groups is 1. The van der Waals surface area contributed by atoms with Crippen molar-refractivity contribution in [3.05, 3.63) is 42.0 Å². The summed E-state index contributed by atoms with van der Waals surface area (Å²) in [5.74, 6) is 0.327. The third kappa shape index (κ3) is 3.08. The van der Waals surface area contributed by atoms with Gasteiger partial charge in [-0.2, -0.15) is 5.10 Å². The van der Waals surface area contributed by atoms with E-state index in [1.165, 1.54) is 6.21 Å². The summed E-state index contributed by atoms with van der Waals surface area (Å²) in [4.78, 5) is 19.5. The summed E-state index contributed by atoms with van der Waals surface area (Å²) in [7, 11) is 0. The Morgan fingerprint density at radius 1 is 1.40 bits per heavy atom. The summed E-state index contributed by atoms with van der Waals surface area (Å²) in [6, 6.07) is 3.96. The van der Waals surface area contributed by atoms with E-state index in [0.717, 1.165) is 46.4 Å². The first kappa shape index (κ1) is 15.3. The van der Waals surface area contributed by atoms with Gasteiger partial charge in [-0.3, -0.25) is 9.89 Å². The zero-order valence-electron chi connectivity index (χ0n) is 13.5. The molecule has 25 heavy (non-hydrogen) atoms. The van der Waals surface area contributed by atoms with Crippen molar-refractivity contribution in [2.24, 2.45) is 5.92 Å². The van der Waals surface area contributed by atoms with Gasteiger partial charge in [0, 0.05) is 35.0 Å². The lowest BCUT2D eigenvalue weighted by molar-refractivity contribution is -0.122. The molecule has 0 unspecified atom stereocenters. The van der Waals surface area contributed by atoms with Crippen molar-refractivity contribution in [2.75, 3.05) is 0 Å². The SMILES string of the molecule is N=C/C=C\c1[nH]ncc1-c1ccnc2[nH]c(CNC(=O)C3CC3)cc12. The van der Waals surface area contributed by atoms with E-state index >= 15 is 0 Å². The molecule has 4 rings (SSSR count). The highest BCUT2D eigenvalue weighted by Gasteiger charge is 2.29. The van der Waals surface area contributed by atoms with Gasteiger partial charge in [0.15, 0.2) is 0 Å². The highest BCUT2D eigenvalue weighted by molar-refractivity contribution is 5.95. The van der Waals surface area contributed by atoms with Crippen LogP contribution in [0.15, 0.2) is 30.6 Å². The fraction of sp³-hybridized carbons (Fsp3) is 0.222. The van der Waals surface area contributed by atoms with Crippen molar-refractivity contribution in [2.45, 2.75) is 19.4 Å². The predicted molar refractivity (Wildman–Crippen MR) is 96.1 cm³/mol. The van der Waals surface area contributed by atoms with Gasteiger partial charge in [0.2, 0.25) is 5.91 Å². The number of H-pyrrole nitrogens is 2. The average Bonchev–Trinajstić information content (AvgIpc) is 3.23. The van der Waals surface area contributed by atoms with Gasteiger partial charge in [0.25, 0.3) is 0 Å². The molecule has 0 atom stereocenters. The second-order valence-electron chi connectivity index (χ2n) is 6.13. The lowest BCUT2D eigenvalue weighted by atomic mass is 10.0. The molecule has 0 radical (unpaired) electrons. The molecular formula is C18H18N6O. The van der Waals surface area contributed by atoms with E-state index < -0.39 is 0 Å². The first-order valence-corrected chi connectivity index (χ1v) is 8.21. The van der Waals surface area contributed by atoms with E-state index in [4.69, 9.17) is 5.41 Å². The summed E-state index contributed by atoms with van der Waals surface area (Å²) >= 11 is 0. The lowest BCUT2D eigenvalue weighted by Gasteiger charge is -2.01. The molecule has 0 bridgehead atoms. The topological polar surface area (TPSA) is 110 Å². The summed E-state index contributed by atoms with van der Waals surface area (Å²) in [5, 5.41) is 18.1. The minimum atomic E-state index is 0.126. The van der Waals surface area contributed by atoms with E-state index in [1.54, 1.807) is 18.5 Å². The molecule has 3 heterocycles. The first-order valence-electron chi connectivity index (χ1n) is 8.21. The number of aromatic amines is 2. The molecule has 1 amide bonds. The predicted octanol–water partition coefficient (Wildman–Crippen LogP) is 2.64. The van der Waals surface area contributed by atoms with Gasteiger partial charge >= 0.3 is 0 Å². The minimum Gasteiger partial charge on any atom is -0.350 e. The van der Waals surface area contributed by atoms with Crippen LogP contribution in [0.5, 0.6) is 0 Å². The van der Waals surface area contributed by atoms with Gasteiger partial charge in [-0.15, -0.1) is 0 Å². The molecule has 3 aromatic rings. The van der Waals surface area contributed by atoms with Gasteiger partial charge in [-0.05, 0) is 42.7 Å². The van der Waals surface area contributed by atoms with Crippen molar-refractivity contribution in [1.29, 1.82) is 5.41 Å². The van der Waals surface area contributed by atoms with E-state index in [0.29, 0.717) is 6.54 Å². The van der Waals surface area contributed by atoms with Crippen LogP contribution < -0.4 is 5.32 Å². The maximum absolute atomic E-state index is 11.8. The van der Waals surface area contributed by atoms with E-state index in [9.17, 15) is 4.79 Å². The van der Waals surface area contributed by atoms with Crippen LogP contribution in [-0.2, 0) is 11.3 Å². The summed E-state index contributed by atoms with van der Waals surface area (Å²) < 4.78 is 0. The summed E-state index contributed by atoms with van der Waals surface area (Å²) in [6.07, 6.45) is 10.2. The zero-order valence-corrected chi connectivity index (χ0v) is 13.5. The third-order valence-electron chi connectivity index (χ3n) is 4.31. The fourth-order valence-corrected chi connectivity index (χ4v) is 2.87. The van der Waals surface area contributed by atoms with Crippen molar-refractivity contribution in [3.8, 4) is 11.1 Å². The normalized spacial score (nSPS) is 14.2. The quantitative estimate of drug-likeness (QED) is 0.520. The Morgan fingerprint density at radius 2 is 2.28 bits per heavy atom. The number of hydrogen-bond donors (Lipinski definition) is 4. The van der Waals surface area contributed by atoms with Crippen LogP contribution in [0.25, 0.3) is 28.2 Å². The number of nitrogens with zero attached hydrogens (tertiary/aromatic N) is 2. The van der Waals surface area contributed by atoms with E-state index in [-0.39, 0.29) is 11.8 Å². The number of aromatic nitrogens is 4. The smallest absolute Gasteiger partial charge is 0.223 e. The number of pyridine rings is 1. The summed E-state index contributed by atoms with van der Waals surface area (Å²) in [6.45, 7) is 0.469.